The molecule has 4 saturated heterocycles. The third kappa shape index (κ3) is 3.79. The van der Waals surface area contributed by atoms with Crippen LogP contribution in [0.1, 0.15) is 68.2 Å². The predicted molar refractivity (Wildman–Crippen MR) is 112 cm³/mol. The second-order valence-corrected chi connectivity index (χ2v) is 9.52. The Kier molecular flexibility index (Phi) is 6.11. The molecule has 4 aliphatic heterocycles. The van der Waals surface area contributed by atoms with Gasteiger partial charge in [0.2, 0.25) is 0 Å². The van der Waals surface area contributed by atoms with Crippen LogP contribution in [0, 0.1) is 36.5 Å². The van der Waals surface area contributed by atoms with Crippen molar-refractivity contribution in [3.05, 3.63) is 0 Å². The van der Waals surface area contributed by atoms with Gasteiger partial charge in [0.1, 0.15) is 23.4 Å². The SMILES string of the molecule is C#C[C@]1(CC)O[C@H]2OC(C)(C)OC2C1C.C#C[C@]1(CC)O[C@H]2OC(C)(C)OC2C1C. The molecular weight excluding hydrogens is 384 g/mol. The summed E-state index contributed by atoms with van der Waals surface area (Å²) in [6.45, 7) is 15.8. The van der Waals surface area contributed by atoms with Crippen LogP contribution >= 0.6 is 0 Å². The Morgan fingerprint density at radius 2 is 0.967 bits per heavy atom. The van der Waals surface area contributed by atoms with E-state index in [2.05, 4.69) is 25.7 Å². The predicted octanol–water partition coefficient (Wildman–Crippen LogP) is 3.82. The minimum atomic E-state index is -0.557. The molecule has 0 radical (unpaired) electrons. The van der Waals surface area contributed by atoms with E-state index in [1.807, 2.05) is 41.5 Å². The van der Waals surface area contributed by atoms with E-state index in [0.29, 0.717) is 0 Å². The molecule has 0 aromatic carbocycles. The van der Waals surface area contributed by atoms with E-state index in [1.54, 1.807) is 0 Å². The summed E-state index contributed by atoms with van der Waals surface area (Å²) >= 11 is 0. The van der Waals surface area contributed by atoms with Gasteiger partial charge in [0.25, 0.3) is 0 Å². The van der Waals surface area contributed by atoms with Crippen molar-refractivity contribution in [2.24, 2.45) is 11.8 Å². The van der Waals surface area contributed by atoms with Gasteiger partial charge in [-0.15, -0.1) is 12.8 Å². The van der Waals surface area contributed by atoms with Crippen LogP contribution in [0.15, 0.2) is 0 Å². The van der Waals surface area contributed by atoms with E-state index in [4.69, 9.17) is 41.3 Å². The van der Waals surface area contributed by atoms with E-state index < -0.39 is 22.8 Å². The van der Waals surface area contributed by atoms with Crippen LogP contribution < -0.4 is 0 Å². The Balaban J connectivity index is 0.000000171. The minimum absolute atomic E-state index is 0.0454. The molecule has 0 bridgehead atoms. The maximum atomic E-state index is 5.84. The van der Waals surface area contributed by atoms with Gasteiger partial charge in [0.05, 0.1) is 0 Å². The van der Waals surface area contributed by atoms with Crippen molar-refractivity contribution in [3.63, 3.8) is 0 Å². The summed E-state index contributed by atoms with van der Waals surface area (Å²) in [5.74, 6) is 4.72. The van der Waals surface area contributed by atoms with Crippen LogP contribution in [0.2, 0.25) is 0 Å². The van der Waals surface area contributed by atoms with E-state index in [9.17, 15) is 0 Å². The normalized spacial score (nSPS) is 47.5. The third-order valence-electron chi connectivity index (χ3n) is 6.82. The smallest absolute Gasteiger partial charge is 0.189 e. The molecule has 0 spiro atoms. The largest absolute Gasteiger partial charge is 0.341 e. The van der Waals surface area contributed by atoms with Crippen molar-refractivity contribution in [3.8, 4) is 24.7 Å². The zero-order chi connectivity index (χ0) is 22.5. The van der Waals surface area contributed by atoms with Gasteiger partial charge in [0, 0.05) is 11.8 Å². The number of hydrogen-bond acceptors (Lipinski definition) is 6. The summed E-state index contributed by atoms with van der Waals surface area (Å²) in [7, 11) is 0. The van der Waals surface area contributed by atoms with Crippen LogP contribution in [-0.4, -0.2) is 47.6 Å². The number of ether oxygens (including phenoxy) is 6. The number of rotatable bonds is 2. The number of terminal acetylenes is 2. The Morgan fingerprint density at radius 1 is 0.633 bits per heavy atom. The van der Waals surface area contributed by atoms with Gasteiger partial charge in [-0.05, 0) is 40.5 Å². The lowest BCUT2D eigenvalue weighted by Crippen LogP contribution is -2.37. The molecule has 0 aliphatic carbocycles. The van der Waals surface area contributed by atoms with Gasteiger partial charge < -0.3 is 28.4 Å². The summed E-state index contributed by atoms with van der Waals surface area (Å²) in [6.07, 6.45) is 12.0. The zero-order valence-electron chi connectivity index (χ0n) is 19.5. The lowest BCUT2D eigenvalue weighted by atomic mass is 9.86. The summed E-state index contributed by atoms with van der Waals surface area (Å²) in [5.41, 5.74) is -1.04. The van der Waals surface area contributed by atoms with E-state index >= 15 is 0 Å². The van der Waals surface area contributed by atoms with E-state index in [-0.39, 0.29) is 36.6 Å². The fourth-order valence-electron chi connectivity index (χ4n) is 4.88. The second kappa shape index (κ2) is 7.78. The Labute approximate surface area is 181 Å². The Morgan fingerprint density at radius 3 is 1.20 bits per heavy atom. The average Bonchev–Trinajstić information content (AvgIpc) is 3.32. The molecule has 0 N–H and O–H groups in total. The van der Waals surface area contributed by atoms with E-state index in [1.165, 1.54) is 0 Å². The van der Waals surface area contributed by atoms with Crippen LogP contribution in [-0.2, 0) is 28.4 Å². The van der Waals surface area contributed by atoms with Crippen molar-refractivity contribution in [1.29, 1.82) is 0 Å². The molecule has 4 aliphatic rings. The highest BCUT2D eigenvalue weighted by Gasteiger charge is 2.59. The molecule has 6 heteroatoms. The highest BCUT2D eigenvalue weighted by atomic mass is 16.8. The second-order valence-electron chi connectivity index (χ2n) is 9.52. The average molecular weight is 421 g/mol. The van der Waals surface area contributed by atoms with Crippen molar-refractivity contribution < 1.29 is 28.4 Å². The van der Waals surface area contributed by atoms with Crippen LogP contribution in [0.4, 0.5) is 0 Å². The van der Waals surface area contributed by atoms with Gasteiger partial charge in [-0.2, -0.15) is 0 Å². The summed E-state index contributed by atoms with van der Waals surface area (Å²) in [6, 6.07) is 0. The highest BCUT2D eigenvalue weighted by Crippen LogP contribution is 2.47. The summed E-state index contributed by atoms with van der Waals surface area (Å²) in [4.78, 5) is 0. The molecule has 0 aromatic heterocycles. The molecule has 4 rings (SSSR count). The van der Waals surface area contributed by atoms with Crippen molar-refractivity contribution >= 4 is 0 Å². The van der Waals surface area contributed by atoms with Gasteiger partial charge in [-0.3, -0.25) is 0 Å². The Hall–Kier alpha value is -1.12. The van der Waals surface area contributed by atoms with Gasteiger partial charge in [-0.1, -0.05) is 39.5 Å². The maximum Gasteiger partial charge on any atom is 0.189 e. The fraction of sp³-hybridized carbons (Fsp3) is 0.833. The molecule has 0 saturated carbocycles. The molecule has 0 aromatic rings. The summed E-state index contributed by atoms with van der Waals surface area (Å²) < 4.78 is 34.6. The maximum absolute atomic E-state index is 5.84. The van der Waals surface area contributed by atoms with Crippen LogP contribution in [0.3, 0.4) is 0 Å². The van der Waals surface area contributed by atoms with Crippen molar-refractivity contribution in [1.82, 2.24) is 0 Å². The highest BCUT2D eigenvalue weighted by molar-refractivity contribution is 5.17. The number of fused-ring (bicyclic) bond motifs is 2. The molecule has 4 fully saturated rings. The molecular formula is C24H36O6. The first-order chi connectivity index (χ1) is 13.9. The molecule has 0 amide bonds. The number of hydrogen-bond donors (Lipinski definition) is 0. The molecule has 8 atom stereocenters. The molecule has 30 heavy (non-hydrogen) atoms. The minimum Gasteiger partial charge on any atom is -0.341 e. The van der Waals surface area contributed by atoms with Gasteiger partial charge in [-0.25, -0.2) is 0 Å². The topological polar surface area (TPSA) is 55.4 Å². The lowest BCUT2D eigenvalue weighted by molar-refractivity contribution is -0.222. The first-order valence-corrected chi connectivity index (χ1v) is 10.9. The standard InChI is InChI=1S/2C12H18O3/c2*1-6-12(7-2)8(3)9-10(15-12)14-11(4,5)13-9/h2*1,8-10H,7H2,2-5H3/t2*8?,9?,10-,12-/m11/s1. The fourth-order valence-corrected chi connectivity index (χ4v) is 4.88. The van der Waals surface area contributed by atoms with Crippen molar-refractivity contribution in [2.45, 2.75) is 116 Å². The monoisotopic (exact) mass is 420 g/mol. The third-order valence-corrected chi connectivity index (χ3v) is 6.82. The zero-order valence-corrected chi connectivity index (χ0v) is 19.5. The van der Waals surface area contributed by atoms with Crippen LogP contribution in [0.5, 0.6) is 0 Å². The first kappa shape index (κ1) is 23.5. The van der Waals surface area contributed by atoms with E-state index in [0.717, 1.165) is 12.8 Å². The van der Waals surface area contributed by atoms with Gasteiger partial charge in [0.15, 0.2) is 24.2 Å². The first-order valence-electron chi connectivity index (χ1n) is 10.9. The van der Waals surface area contributed by atoms with Gasteiger partial charge >= 0.3 is 0 Å². The quantitative estimate of drug-likeness (QED) is 0.633. The molecule has 168 valence electrons. The molecule has 4 unspecified atom stereocenters. The van der Waals surface area contributed by atoms with Crippen molar-refractivity contribution in [2.75, 3.05) is 0 Å². The molecule has 4 heterocycles. The summed E-state index contributed by atoms with van der Waals surface area (Å²) in [5, 5.41) is 0. The molecule has 6 nitrogen and oxygen atoms in total. The lowest BCUT2D eigenvalue weighted by Gasteiger charge is -2.29. The Bertz CT molecular complexity index is 671. The van der Waals surface area contributed by atoms with Crippen LogP contribution in [0.25, 0.3) is 0 Å².